The minimum atomic E-state index is -0.264. The molecule has 2 aromatic carbocycles. The average Bonchev–Trinajstić information content (AvgIpc) is 3.66. The molecule has 2 fully saturated rings. The fourth-order valence-corrected chi connectivity index (χ4v) is 5.37. The number of nitrogens with zero attached hydrogens (tertiary/aromatic N) is 2. The molecule has 4 atom stereocenters. The van der Waals surface area contributed by atoms with E-state index in [0.717, 1.165) is 37.1 Å². The number of allylic oxidation sites excluding steroid dienone is 2. The van der Waals surface area contributed by atoms with Crippen molar-refractivity contribution in [2.45, 2.75) is 50.0 Å². The van der Waals surface area contributed by atoms with E-state index in [0.29, 0.717) is 13.1 Å². The lowest BCUT2D eigenvalue weighted by Gasteiger charge is -2.12. The first-order valence-electron chi connectivity index (χ1n) is 12.2. The first-order valence-corrected chi connectivity index (χ1v) is 12.2. The van der Waals surface area contributed by atoms with Crippen molar-refractivity contribution in [1.29, 1.82) is 0 Å². The number of hydrogen-bond donors (Lipinski definition) is 4. The number of aliphatic imine (C=N–C) groups is 2. The number of aliphatic hydroxyl groups is 2. The van der Waals surface area contributed by atoms with Gasteiger partial charge in [-0.15, -0.1) is 0 Å². The molecule has 4 aliphatic rings. The van der Waals surface area contributed by atoms with Gasteiger partial charge in [0.15, 0.2) is 0 Å². The van der Waals surface area contributed by atoms with Gasteiger partial charge >= 0.3 is 0 Å². The predicted octanol–water partition coefficient (Wildman–Crippen LogP) is 3.17. The number of aliphatic hydroxyl groups excluding tert-OH is 2. The van der Waals surface area contributed by atoms with Crippen molar-refractivity contribution in [3.8, 4) is 11.1 Å². The lowest BCUT2D eigenvalue weighted by atomic mass is 9.95. The zero-order chi connectivity index (χ0) is 23.1. The van der Waals surface area contributed by atoms with Crippen molar-refractivity contribution >= 4 is 22.6 Å². The van der Waals surface area contributed by atoms with Gasteiger partial charge in [-0.25, -0.2) is 0 Å². The summed E-state index contributed by atoms with van der Waals surface area (Å²) in [4.78, 5) is 9.24. The summed E-state index contributed by atoms with van der Waals surface area (Å²) in [5, 5.41) is 26.3. The lowest BCUT2D eigenvalue weighted by Crippen LogP contribution is -2.29. The van der Waals surface area contributed by atoms with Crippen LogP contribution in [0, 0.1) is 0 Å². The Morgan fingerprint density at radius 2 is 0.971 bits per heavy atom. The molecule has 4 aliphatic heterocycles. The van der Waals surface area contributed by atoms with Gasteiger partial charge in [-0.05, 0) is 46.2 Å². The number of rotatable bonds is 5. The normalized spacial score (nSPS) is 28.6. The molecule has 2 saturated heterocycles. The van der Waals surface area contributed by atoms with Crippen LogP contribution in [0.2, 0.25) is 0 Å². The molecule has 0 bridgehead atoms. The Balaban J connectivity index is 1.07. The van der Waals surface area contributed by atoms with Gasteiger partial charge in [-0.3, -0.25) is 9.98 Å². The Kier molecular flexibility index (Phi) is 5.75. The largest absolute Gasteiger partial charge is 0.392 e. The van der Waals surface area contributed by atoms with Crippen molar-refractivity contribution in [3.63, 3.8) is 0 Å². The number of nitrogens with one attached hydrogen (secondary N) is 2. The third kappa shape index (κ3) is 4.30. The Hall–Kier alpha value is -2.90. The molecule has 34 heavy (non-hydrogen) atoms. The standard InChI is InChI=1S/C28H30N4O2/c33-23-11-27(31-15-23)25-9-21(13-29-25)19-5-1-17(2-6-19)18-3-7-20(8-4-18)22-10-26(30-14-22)28-12-24(34)16-32-28/h1-8,13-14,23-24,27-28,31-34H,9-12,15-16H2/t23-,24-,27+,28+/m1/s1. The zero-order valence-corrected chi connectivity index (χ0v) is 19.1. The second-order valence-electron chi connectivity index (χ2n) is 9.76. The van der Waals surface area contributed by atoms with Crippen LogP contribution in [0.3, 0.4) is 0 Å². The van der Waals surface area contributed by atoms with Crippen molar-refractivity contribution in [2.24, 2.45) is 9.98 Å². The van der Waals surface area contributed by atoms with Gasteiger partial charge in [0.2, 0.25) is 0 Å². The first kappa shape index (κ1) is 21.6. The number of hydrogen-bond acceptors (Lipinski definition) is 6. The van der Waals surface area contributed by atoms with Gasteiger partial charge in [0.05, 0.1) is 12.2 Å². The summed E-state index contributed by atoms with van der Waals surface area (Å²) in [5.41, 5.74) is 9.49. The summed E-state index contributed by atoms with van der Waals surface area (Å²) in [7, 11) is 0. The van der Waals surface area contributed by atoms with Crippen LogP contribution in [0.1, 0.15) is 36.8 Å². The Morgan fingerprint density at radius 1 is 0.588 bits per heavy atom. The highest BCUT2D eigenvalue weighted by molar-refractivity contribution is 6.02. The predicted molar refractivity (Wildman–Crippen MR) is 137 cm³/mol. The second-order valence-corrected chi connectivity index (χ2v) is 9.76. The van der Waals surface area contributed by atoms with E-state index in [1.807, 2.05) is 12.4 Å². The third-order valence-corrected chi connectivity index (χ3v) is 7.38. The van der Waals surface area contributed by atoms with E-state index in [1.54, 1.807) is 0 Å². The van der Waals surface area contributed by atoms with Gasteiger partial charge in [0, 0.05) is 61.8 Å². The molecular weight excluding hydrogens is 424 g/mol. The Bertz CT molecular complexity index is 1100. The highest BCUT2D eigenvalue weighted by atomic mass is 16.3. The van der Waals surface area contributed by atoms with Gasteiger partial charge in [-0.1, -0.05) is 48.5 Å². The van der Waals surface area contributed by atoms with Gasteiger partial charge in [0.1, 0.15) is 0 Å². The molecular formula is C28H30N4O2. The highest BCUT2D eigenvalue weighted by Gasteiger charge is 2.29. The van der Waals surface area contributed by atoms with Crippen LogP contribution >= 0.6 is 0 Å². The van der Waals surface area contributed by atoms with E-state index in [4.69, 9.17) is 0 Å². The molecule has 0 unspecified atom stereocenters. The molecule has 6 nitrogen and oxygen atoms in total. The van der Waals surface area contributed by atoms with Crippen molar-refractivity contribution in [3.05, 3.63) is 72.1 Å². The summed E-state index contributed by atoms with van der Waals surface area (Å²) in [5.74, 6) is 0. The van der Waals surface area contributed by atoms with Crippen LogP contribution in [-0.2, 0) is 0 Å². The topological polar surface area (TPSA) is 89.2 Å². The molecule has 6 rings (SSSR count). The van der Waals surface area contributed by atoms with E-state index in [-0.39, 0.29) is 24.3 Å². The van der Waals surface area contributed by atoms with Crippen LogP contribution in [-0.4, -0.2) is 59.0 Å². The molecule has 0 saturated carbocycles. The lowest BCUT2D eigenvalue weighted by molar-refractivity contribution is 0.195. The average molecular weight is 455 g/mol. The maximum absolute atomic E-state index is 9.77. The van der Waals surface area contributed by atoms with E-state index < -0.39 is 0 Å². The maximum Gasteiger partial charge on any atom is 0.0683 e. The molecule has 0 radical (unpaired) electrons. The second kappa shape index (κ2) is 9.04. The molecule has 0 amide bonds. The van der Waals surface area contributed by atoms with Crippen molar-refractivity contribution in [1.82, 2.24) is 10.6 Å². The number of benzene rings is 2. The molecule has 4 N–H and O–H groups in total. The number of β-amino-alcohol motifs (C(OH)–C–C–N with tert-alkyl or cyclic N) is 2. The van der Waals surface area contributed by atoms with E-state index in [9.17, 15) is 10.2 Å². The fraction of sp³-hybridized carbons (Fsp3) is 0.357. The van der Waals surface area contributed by atoms with Crippen LogP contribution in [0.25, 0.3) is 22.3 Å². The molecule has 4 heterocycles. The van der Waals surface area contributed by atoms with Crippen LogP contribution in [0.4, 0.5) is 0 Å². The zero-order valence-electron chi connectivity index (χ0n) is 19.1. The van der Waals surface area contributed by atoms with Crippen LogP contribution in [0.5, 0.6) is 0 Å². The SMILES string of the molecule is O[C@H]1CN[C@H](C2=NC=C(c3ccc(-c4ccc(C5=CN=C([C@@H]6C[C@@H](O)CN6)C5)cc4)cc3)C2)C1. The van der Waals surface area contributed by atoms with Crippen molar-refractivity contribution < 1.29 is 10.2 Å². The smallest absolute Gasteiger partial charge is 0.0683 e. The monoisotopic (exact) mass is 454 g/mol. The molecule has 2 aromatic rings. The van der Waals surface area contributed by atoms with Crippen LogP contribution in [0.15, 0.2) is 70.9 Å². The van der Waals surface area contributed by atoms with Crippen molar-refractivity contribution in [2.75, 3.05) is 13.1 Å². The molecule has 0 aromatic heterocycles. The summed E-state index contributed by atoms with van der Waals surface area (Å²) >= 11 is 0. The summed E-state index contributed by atoms with van der Waals surface area (Å²) in [6, 6.07) is 17.8. The maximum atomic E-state index is 9.77. The molecule has 6 heteroatoms. The minimum absolute atomic E-state index is 0.194. The third-order valence-electron chi connectivity index (χ3n) is 7.38. The van der Waals surface area contributed by atoms with Gasteiger partial charge in [0.25, 0.3) is 0 Å². The quantitative estimate of drug-likeness (QED) is 0.559. The fourth-order valence-electron chi connectivity index (χ4n) is 5.37. The Labute approximate surface area is 199 Å². The molecule has 0 aliphatic carbocycles. The van der Waals surface area contributed by atoms with E-state index in [2.05, 4.69) is 69.1 Å². The van der Waals surface area contributed by atoms with E-state index in [1.165, 1.54) is 33.4 Å². The summed E-state index contributed by atoms with van der Waals surface area (Å²) in [6.45, 7) is 1.31. The highest BCUT2D eigenvalue weighted by Crippen LogP contribution is 2.31. The van der Waals surface area contributed by atoms with Gasteiger partial charge in [-0.2, -0.15) is 0 Å². The molecule has 174 valence electrons. The first-order chi connectivity index (χ1) is 16.6. The van der Waals surface area contributed by atoms with E-state index >= 15 is 0 Å². The van der Waals surface area contributed by atoms with Crippen LogP contribution < -0.4 is 10.6 Å². The Morgan fingerprint density at radius 3 is 1.32 bits per heavy atom. The molecule has 0 spiro atoms. The van der Waals surface area contributed by atoms with Gasteiger partial charge < -0.3 is 20.8 Å². The minimum Gasteiger partial charge on any atom is -0.392 e. The summed E-state index contributed by atoms with van der Waals surface area (Å²) < 4.78 is 0. The summed E-state index contributed by atoms with van der Waals surface area (Å²) in [6.07, 6.45) is 6.60.